The van der Waals surface area contributed by atoms with Crippen molar-refractivity contribution in [3.8, 4) is 5.75 Å². The van der Waals surface area contributed by atoms with Crippen molar-refractivity contribution in [3.05, 3.63) is 51.4 Å². The van der Waals surface area contributed by atoms with E-state index in [1.165, 1.54) is 21.9 Å². The van der Waals surface area contributed by atoms with Crippen molar-refractivity contribution in [2.45, 2.75) is 13.5 Å². The standard InChI is InChI=1S/C13H12N4O2S/c1-8-6-12(18)17-13(15-8)20-11(16-17)7-19-10-4-2-9(14)3-5-10/h2-6H,7,14H2,1H3. The fraction of sp³-hybridized carbons (Fsp3) is 0.154. The van der Waals surface area contributed by atoms with E-state index in [-0.39, 0.29) is 12.2 Å². The van der Waals surface area contributed by atoms with Crippen LogP contribution in [-0.4, -0.2) is 14.6 Å². The van der Waals surface area contributed by atoms with E-state index in [4.69, 9.17) is 10.5 Å². The summed E-state index contributed by atoms with van der Waals surface area (Å²) in [6.07, 6.45) is 0. The van der Waals surface area contributed by atoms with E-state index >= 15 is 0 Å². The molecule has 6 nitrogen and oxygen atoms in total. The lowest BCUT2D eigenvalue weighted by molar-refractivity contribution is 0.304. The smallest absolute Gasteiger partial charge is 0.275 e. The molecule has 0 saturated carbocycles. The van der Waals surface area contributed by atoms with Gasteiger partial charge < -0.3 is 10.5 Å². The number of nitrogens with zero attached hydrogens (tertiary/aromatic N) is 3. The van der Waals surface area contributed by atoms with Gasteiger partial charge in [-0.15, -0.1) is 0 Å². The number of aromatic nitrogens is 3. The number of fused-ring (bicyclic) bond motifs is 1. The van der Waals surface area contributed by atoms with Crippen molar-refractivity contribution >= 4 is 22.0 Å². The molecular formula is C13H12N4O2S. The minimum atomic E-state index is -0.178. The number of rotatable bonds is 3. The molecule has 7 heteroatoms. The Morgan fingerprint density at radius 2 is 2.10 bits per heavy atom. The Labute approximate surface area is 118 Å². The number of ether oxygens (including phenoxy) is 1. The van der Waals surface area contributed by atoms with E-state index in [9.17, 15) is 4.79 Å². The number of nitrogens with two attached hydrogens (primary N) is 1. The highest BCUT2D eigenvalue weighted by molar-refractivity contribution is 7.16. The predicted octanol–water partition coefficient (Wildman–Crippen LogP) is 1.62. The Kier molecular flexibility index (Phi) is 3.11. The highest BCUT2D eigenvalue weighted by Crippen LogP contribution is 2.17. The summed E-state index contributed by atoms with van der Waals surface area (Å²) in [5.41, 5.74) is 6.79. The van der Waals surface area contributed by atoms with Crippen molar-refractivity contribution < 1.29 is 4.74 Å². The molecule has 0 bridgehead atoms. The largest absolute Gasteiger partial charge is 0.486 e. The fourth-order valence-corrected chi connectivity index (χ4v) is 2.59. The lowest BCUT2D eigenvalue weighted by Crippen LogP contribution is -2.14. The SMILES string of the molecule is Cc1cc(=O)n2nc(COc3ccc(N)cc3)sc2n1. The third kappa shape index (κ3) is 2.48. The van der Waals surface area contributed by atoms with Gasteiger partial charge in [-0.25, -0.2) is 4.98 Å². The molecule has 0 unspecified atom stereocenters. The van der Waals surface area contributed by atoms with Crippen LogP contribution < -0.4 is 16.0 Å². The minimum Gasteiger partial charge on any atom is -0.486 e. The molecular weight excluding hydrogens is 276 g/mol. The summed E-state index contributed by atoms with van der Waals surface area (Å²) in [6.45, 7) is 2.07. The predicted molar refractivity (Wildman–Crippen MR) is 77.1 cm³/mol. The van der Waals surface area contributed by atoms with E-state index in [2.05, 4.69) is 10.1 Å². The highest BCUT2D eigenvalue weighted by Gasteiger charge is 2.08. The number of hydrogen-bond acceptors (Lipinski definition) is 6. The van der Waals surface area contributed by atoms with Crippen LogP contribution in [0.2, 0.25) is 0 Å². The molecule has 0 spiro atoms. The highest BCUT2D eigenvalue weighted by atomic mass is 32.1. The van der Waals surface area contributed by atoms with Gasteiger partial charge in [-0.1, -0.05) is 11.3 Å². The van der Waals surface area contributed by atoms with E-state index in [1.54, 1.807) is 31.2 Å². The molecule has 2 aromatic heterocycles. The maximum atomic E-state index is 11.7. The summed E-state index contributed by atoms with van der Waals surface area (Å²) in [7, 11) is 0. The minimum absolute atomic E-state index is 0.178. The summed E-state index contributed by atoms with van der Waals surface area (Å²) >= 11 is 1.34. The van der Waals surface area contributed by atoms with Crippen molar-refractivity contribution in [1.82, 2.24) is 14.6 Å². The maximum absolute atomic E-state index is 11.7. The molecule has 0 radical (unpaired) electrons. The van der Waals surface area contributed by atoms with Crippen LogP contribution in [0.5, 0.6) is 5.75 Å². The quantitative estimate of drug-likeness (QED) is 0.740. The zero-order valence-electron chi connectivity index (χ0n) is 10.7. The Bertz CT molecular complexity index is 807. The number of nitrogen functional groups attached to an aromatic ring is 1. The van der Waals surface area contributed by atoms with Crippen LogP contribution in [0.3, 0.4) is 0 Å². The van der Waals surface area contributed by atoms with Gasteiger partial charge in [0.15, 0.2) is 5.01 Å². The first kappa shape index (κ1) is 12.6. The summed E-state index contributed by atoms with van der Waals surface area (Å²) in [5, 5.41) is 4.89. The maximum Gasteiger partial charge on any atom is 0.275 e. The molecule has 0 aliphatic heterocycles. The van der Waals surface area contributed by atoms with Crippen molar-refractivity contribution in [2.24, 2.45) is 0 Å². The van der Waals surface area contributed by atoms with E-state index < -0.39 is 0 Å². The van der Waals surface area contributed by atoms with Crippen LogP contribution in [-0.2, 0) is 6.61 Å². The second-order valence-corrected chi connectivity index (χ2v) is 5.32. The van der Waals surface area contributed by atoms with Gasteiger partial charge in [0.25, 0.3) is 5.56 Å². The molecule has 3 rings (SSSR count). The van der Waals surface area contributed by atoms with Crippen LogP contribution in [0.1, 0.15) is 10.7 Å². The van der Waals surface area contributed by atoms with Gasteiger partial charge in [-0.2, -0.15) is 9.61 Å². The third-order valence-electron chi connectivity index (χ3n) is 2.66. The van der Waals surface area contributed by atoms with Gasteiger partial charge in [-0.05, 0) is 31.2 Å². The number of aryl methyl sites for hydroxylation is 1. The lowest BCUT2D eigenvalue weighted by atomic mass is 10.3. The van der Waals surface area contributed by atoms with Crippen LogP contribution in [0.15, 0.2) is 35.1 Å². The molecule has 3 aromatic rings. The van der Waals surface area contributed by atoms with Crippen LogP contribution in [0.4, 0.5) is 5.69 Å². The van der Waals surface area contributed by atoms with Gasteiger partial charge in [0.2, 0.25) is 4.96 Å². The van der Waals surface area contributed by atoms with Gasteiger partial charge in [0.1, 0.15) is 12.4 Å². The second kappa shape index (κ2) is 4.93. The summed E-state index contributed by atoms with van der Waals surface area (Å²) in [6, 6.07) is 8.57. The Morgan fingerprint density at radius 1 is 1.35 bits per heavy atom. The molecule has 0 aliphatic rings. The summed E-state index contributed by atoms with van der Waals surface area (Å²) in [4.78, 5) is 16.6. The zero-order valence-corrected chi connectivity index (χ0v) is 11.6. The molecule has 2 N–H and O–H groups in total. The van der Waals surface area contributed by atoms with Gasteiger partial charge in [0.05, 0.1) is 0 Å². The Balaban J connectivity index is 1.83. The first-order chi connectivity index (χ1) is 9.61. The van der Waals surface area contributed by atoms with E-state index in [0.29, 0.717) is 27.1 Å². The number of hydrogen-bond donors (Lipinski definition) is 1. The normalized spacial score (nSPS) is 10.8. The Morgan fingerprint density at radius 3 is 2.85 bits per heavy atom. The molecule has 0 aliphatic carbocycles. The van der Waals surface area contributed by atoms with Crippen LogP contribution in [0.25, 0.3) is 4.96 Å². The molecule has 102 valence electrons. The molecule has 0 fully saturated rings. The molecule has 0 saturated heterocycles. The molecule has 1 aromatic carbocycles. The number of benzene rings is 1. The van der Waals surface area contributed by atoms with Crippen molar-refractivity contribution in [3.63, 3.8) is 0 Å². The first-order valence-corrected chi connectivity index (χ1v) is 6.78. The lowest BCUT2D eigenvalue weighted by Gasteiger charge is -2.03. The Hall–Kier alpha value is -2.41. The van der Waals surface area contributed by atoms with Crippen molar-refractivity contribution in [1.29, 1.82) is 0 Å². The zero-order chi connectivity index (χ0) is 14.1. The molecule has 0 amide bonds. The first-order valence-electron chi connectivity index (χ1n) is 5.96. The van der Waals surface area contributed by atoms with Crippen LogP contribution in [0, 0.1) is 6.92 Å². The third-order valence-corrected chi connectivity index (χ3v) is 3.54. The van der Waals surface area contributed by atoms with E-state index in [0.717, 1.165) is 0 Å². The van der Waals surface area contributed by atoms with Crippen LogP contribution >= 0.6 is 11.3 Å². The molecule has 0 atom stereocenters. The van der Waals surface area contributed by atoms with Crippen molar-refractivity contribution in [2.75, 3.05) is 5.73 Å². The topological polar surface area (TPSA) is 82.5 Å². The summed E-state index contributed by atoms with van der Waals surface area (Å²) < 4.78 is 6.89. The van der Waals surface area contributed by atoms with Gasteiger partial charge in [0, 0.05) is 17.4 Å². The number of anilines is 1. The molecule has 2 heterocycles. The summed E-state index contributed by atoms with van der Waals surface area (Å²) in [5.74, 6) is 0.704. The average Bonchev–Trinajstić information content (AvgIpc) is 2.81. The van der Waals surface area contributed by atoms with E-state index in [1.807, 2.05) is 0 Å². The monoisotopic (exact) mass is 288 g/mol. The molecule has 20 heavy (non-hydrogen) atoms. The van der Waals surface area contributed by atoms with Gasteiger partial charge >= 0.3 is 0 Å². The fourth-order valence-electron chi connectivity index (χ4n) is 1.73. The van der Waals surface area contributed by atoms with Gasteiger partial charge in [-0.3, -0.25) is 4.79 Å². The average molecular weight is 288 g/mol. The second-order valence-electron chi connectivity index (χ2n) is 4.28.